The molecule has 1 heterocycles. The highest BCUT2D eigenvalue weighted by Crippen LogP contribution is 2.53. The van der Waals surface area contributed by atoms with Gasteiger partial charge in [-0.2, -0.15) is 0 Å². The van der Waals surface area contributed by atoms with E-state index in [1.54, 1.807) is 0 Å². The van der Waals surface area contributed by atoms with Crippen LogP contribution in [0.25, 0.3) is 0 Å². The molecule has 0 spiro atoms. The van der Waals surface area contributed by atoms with Gasteiger partial charge in [0.1, 0.15) is 11.5 Å². The standard InChI is InChI=1S/C26H42N4O4S.ClH/c1-14(2)35-21-20(22(31)28-19-17-8-15-7-16(10-17)11-18(19)9-15)34-30-23(21)33-13-25(3,4)24(32)29-26(5,6)12-27;/h14-19H,7-13,27H2,1-6H3,(H,28,31)(H,29,32);1H. The first-order valence-corrected chi connectivity index (χ1v) is 13.9. The van der Waals surface area contributed by atoms with E-state index in [4.69, 9.17) is 15.0 Å². The molecule has 1 aromatic rings. The van der Waals surface area contributed by atoms with Gasteiger partial charge in [0, 0.05) is 23.4 Å². The van der Waals surface area contributed by atoms with E-state index in [1.165, 1.54) is 43.9 Å². The Morgan fingerprint density at radius 1 is 1.11 bits per heavy atom. The number of nitrogens with zero attached hydrogens (tertiary/aromatic N) is 1. The predicted octanol–water partition coefficient (Wildman–Crippen LogP) is 4.41. The van der Waals surface area contributed by atoms with Gasteiger partial charge in [-0.15, -0.1) is 24.2 Å². The van der Waals surface area contributed by atoms with Gasteiger partial charge in [0.25, 0.3) is 11.8 Å². The lowest BCUT2D eigenvalue weighted by Crippen LogP contribution is -2.55. The highest BCUT2D eigenvalue weighted by molar-refractivity contribution is 8.00. The Balaban J connectivity index is 0.00000361. The lowest BCUT2D eigenvalue weighted by molar-refractivity contribution is -0.132. The van der Waals surface area contributed by atoms with Crippen LogP contribution in [0.15, 0.2) is 9.42 Å². The fourth-order valence-corrected chi connectivity index (χ4v) is 6.97. The molecular weight excluding hydrogens is 500 g/mol. The molecule has 5 rings (SSSR count). The molecule has 4 bridgehead atoms. The summed E-state index contributed by atoms with van der Waals surface area (Å²) in [5.74, 6) is 2.94. The molecule has 0 aromatic carbocycles. The number of hydrogen-bond donors (Lipinski definition) is 3. The predicted molar refractivity (Wildman–Crippen MR) is 144 cm³/mol. The summed E-state index contributed by atoms with van der Waals surface area (Å²) >= 11 is 1.49. The van der Waals surface area contributed by atoms with Crippen LogP contribution in [0.3, 0.4) is 0 Å². The zero-order chi connectivity index (χ0) is 25.5. The van der Waals surface area contributed by atoms with E-state index in [2.05, 4.69) is 15.8 Å². The molecule has 0 atom stereocenters. The van der Waals surface area contributed by atoms with Gasteiger partial charge < -0.3 is 25.6 Å². The maximum absolute atomic E-state index is 13.4. The largest absolute Gasteiger partial charge is 0.474 e. The molecular formula is C26H43ClN4O4S. The summed E-state index contributed by atoms with van der Waals surface area (Å²) < 4.78 is 11.5. The third-order valence-electron chi connectivity index (χ3n) is 7.85. The number of amides is 2. The summed E-state index contributed by atoms with van der Waals surface area (Å²) in [5.41, 5.74) is 4.42. The average molecular weight is 543 g/mol. The van der Waals surface area contributed by atoms with Crippen molar-refractivity contribution in [3.05, 3.63) is 5.76 Å². The van der Waals surface area contributed by atoms with Crippen LogP contribution in [0.1, 0.15) is 84.2 Å². The first kappa shape index (κ1) is 29.1. The molecule has 0 saturated heterocycles. The van der Waals surface area contributed by atoms with Crippen LogP contribution in [0.4, 0.5) is 0 Å². The fraction of sp³-hybridized carbons (Fsp3) is 0.808. The Morgan fingerprint density at radius 3 is 2.22 bits per heavy atom. The van der Waals surface area contributed by atoms with Crippen LogP contribution >= 0.6 is 24.2 Å². The molecule has 4 aliphatic rings. The van der Waals surface area contributed by atoms with Crippen molar-refractivity contribution in [1.29, 1.82) is 0 Å². The number of rotatable bonds is 10. The minimum atomic E-state index is -0.825. The number of carbonyl (C=O) groups excluding carboxylic acids is 2. The molecule has 4 saturated carbocycles. The summed E-state index contributed by atoms with van der Waals surface area (Å²) in [7, 11) is 0. The number of nitrogens with two attached hydrogens (primary N) is 1. The summed E-state index contributed by atoms with van der Waals surface area (Å²) in [6.07, 6.45) is 6.30. The number of aromatic nitrogens is 1. The van der Waals surface area contributed by atoms with Crippen LogP contribution in [-0.2, 0) is 4.79 Å². The fourth-order valence-electron chi connectivity index (χ4n) is 6.06. The van der Waals surface area contributed by atoms with Gasteiger partial charge in [-0.1, -0.05) is 13.8 Å². The molecule has 36 heavy (non-hydrogen) atoms. The van der Waals surface area contributed by atoms with Crippen LogP contribution in [0, 0.1) is 29.1 Å². The molecule has 1 aromatic heterocycles. The van der Waals surface area contributed by atoms with Crippen LogP contribution in [-0.4, -0.2) is 47.0 Å². The zero-order valence-electron chi connectivity index (χ0n) is 22.4. The van der Waals surface area contributed by atoms with Gasteiger partial charge in [0.2, 0.25) is 11.7 Å². The quantitative estimate of drug-likeness (QED) is 0.374. The summed E-state index contributed by atoms with van der Waals surface area (Å²) in [5, 5.41) is 10.6. The lowest BCUT2D eigenvalue weighted by Gasteiger charge is -2.54. The van der Waals surface area contributed by atoms with Crippen molar-refractivity contribution in [2.45, 2.75) is 95.4 Å². The Labute approximate surface area is 225 Å². The van der Waals surface area contributed by atoms with E-state index in [-0.39, 0.29) is 53.8 Å². The van der Waals surface area contributed by atoms with E-state index in [0.717, 1.165) is 11.8 Å². The number of hydrogen-bond acceptors (Lipinski definition) is 7. The van der Waals surface area contributed by atoms with Crippen LogP contribution in [0.5, 0.6) is 5.88 Å². The Bertz CT molecular complexity index is 920. The van der Waals surface area contributed by atoms with Crippen molar-refractivity contribution in [2.24, 2.45) is 34.8 Å². The number of halogens is 1. The SMILES string of the molecule is CC(C)Sc1c(OCC(C)(C)C(=O)NC(C)(C)CN)noc1C(=O)NC1C2CC3CC(C2)CC1C3.Cl. The second kappa shape index (κ2) is 11.1. The summed E-state index contributed by atoms with van der Waals surface area (Å²) in [6.45, 7) is 11.9. The molecule has 204 valence electrons. The second-order valence-electron chi connectivity index (χ2n) is 12.5. The lowest BCUT2D eigenvalue weighted by atomic mass is 9.54. The maximum Gasteiger partial charge on any atom is 0.291 e. The average Bonchev–Trinajstić information content (AvgIpc) is 3.16. The van der Waals surface area contributed by atoms with E-state index in [9.17, 15) is 9.59 Å². The van der Waals surface area contributed by atoms with Crippen molar-refractivity contribution in [1.82, 2.24) is 15.8 Å². The number of ether oxygens (including phenoxy) is 1. The van der Waals surface area contributed by atoms with Gasteiger partial charge in [0.05, 0.1) is 5.41 Å². The molecule has 4 fully saturated rings. The van der Waals surface area contributed by atoms with Gasteiger partial charge in [-0.25, -0.2) is 0 Å². The van der Waals surface area contributed by atoms with Crippen LogP contribution < -0.4 is 21.1 Å². The number of carbonyl (C=O) groups is 2. The number of nitrogens with one attached hydrogen (secondary N) is 2. The van der Waals surface area contributed by atoms with Crippen molar-refractivity contribution < 1.29 is 18.8 Å². The van der Waals surface area contributed by atoms with Crippen LogP contribution in [0.2, 0.25) is 0 Å². The smallest absolute Gasteiger partial charge is 0.291 e. The first-order chi connectivity index (χ1) is 16.4. The first-order valence-electron chi connectivity index (χ1n) is 13.0. The topological polar surface area (TPSA) is 119 Å². The summed E-state index contributed by atoms with van der Waals surface area (Å²) in [6, 6.07) is 0.218. The van der Waals surface area contributed by atoms with Gasteiger partial charge in [0.15, 0.2) is 0 Å². The molecule has 0 aliphatic heterocycles. The van der Waals surface area contributed by atoms with Crippen molar-refractivity contribution in [3.8, 4) is 5.88 Å². The van der Waals surface area contributed by atoms with Crippen molar-refractivity contribution in [2.75, 3.05) is 13.2 Å². The Morgan fingerprint density at radius 2 is 1.69 bits per heavy atom. The van der Waals surface area contributed by atoms with E-state index < -0.39 is 11.0 Å². The minimum Gasteiger partial charge on any atom is -0.474 e. The zero-order valence-corrected chi connectivity index (χ0v) is 24.0. The second-order valence-corrected chi connectivity index (χ2v) is 14.0. The van der Waals surface area contributed by atoms with E-state index in [0.29, 0.717) is 23.3 Å². The van der Waals surface area contributed by atoms with E-state index in [1.807, 2.05) is 41.5 Å². The highest BCUT2D eigenvalue weighted by atomic mass is 35.5. The van der Waals surface area contributed by atoms with Crippen molar-refractivity contribution in [3.63, 3.8) is 0 Å². The molecule has 4 aliphatic carbocycles. The van der Waals surface area contributed by atoms with Crippen molar-refractivity contribution >= 4 is 36.0 Å². The molecule has 0 radical (unpaired) electrons. The maximum atomic E-state index is 13.4. The molecule has 2 amide bonds. The van der Waals surface area contributed by atoms with E-state index >= 15 is 0 Å². The summed E-state index contributed by atoms with van der Waals surface area (Å²) in [4.78, 5) is 26.8. The molecule has 0 unspecified atom stereocenters. The third-order valence-corrected chi connectivity index (χ3v) is 8.92. The Kier molecular flexibility index (Phi) is 8.99. The monoisotopic (exact) mass is 542 g/mol. The minimum absolute atomic E-state index is 0. The normalized spacial score (nSPS) is 27.1. The molecule has 4 N–H and O–H groups in total. The van der Waals surface area contributed by atoms with Gasteiger partial charge in [-0.3, -0.25) is 9.59 Å². The molecule has 8 nitrogen and oxygen atoms in total. The Hall–Kier alpha value is -1.45. The highest BCUT2D eigenvalue weighted by Gasteiger charge is 2.49. The third kappa shape index (κ3) is 6.33. The number of thioether (sulfide) groups is 1. The van der Waals surface area contributed by atoms with Gasteiger partial charge >= 0.3 is 0 Å². The van der Waals surface area contributed by atoms with Gasteiger partial charge in [-0.05, 0) is 88.6 Å². The molecule has 10 heteroatoms.